The number of oxime groups is 1. The predicted octanol–water partition coefficient (Wildman–Crippen LogP) is 2.65. The van der Waals surface area contributed by atoms with Crippen LogP contribution >= 0.6 is 11.3 Å². The normalized spacial score (nSPS) is 11.8. The number of pyridine rings is 1. The van der Waals surface area contributed by atoms with Gasteiger partial charge in [-0.15, -0.1) is 11.3 Å². The molecule has 0 aromatic carbocycles. The summed E-state index contributed by atoms with van der Waals surface area (Å²) in [6.45, 7) is 5.10. The maximum Gasteiger partial charge on any atom is 0.188 e. The maximum absolute atomic E-state index is 8.75. The third kappa shape index (κ3) is 3.27. The third-order valence-corrected chi connectivity index (χ3v) is 3.84. The van der Waals surface area contributed by atoms with E-state index in [1.165, 1.54) is 4.88 Å². The Balaban J connectivity index is 2.30. The highest BCUT2D eigenvalue weighted by atomic mass is 32.1. The number of nitrogens with two attached hydrogens (primary N) is 1. The molecule has 0 aliphatic rings. The summed E-state index contributed by atoms with van der Waals surface area (Å²) in [5, 5.41) is 13.8. The molecule has 0 aliphatic carbocycles. The summed E-state index contributed by atoms with van der Waals surface area (Å²) in [6, 6.07) is 8.27. The Morgan fingerprint density at radius 2 is 2.30 bits per heavy atom. The Kier molecular flexibility index (Phi) is 4.57. The zero-order chi connectivity index (χ0) is 14.5. The maximum atomic E-state index is 8.75. The number of amidine groups is 1. The van der Waals surface area contributed by atoms with E-state index in [-0.39, 0.29) is 5.84 Å². The van der Waals surface area contributed by atoms with E-state index in [2.05, 4.69) is 40.3 Å². The molecular weight excluding hydrogens is 272 g/mol. The summed E-state index contributed by atoms with van der Waals surface area (Å²) < 4.78 is 0. The van der Waals surface area contributed by atoms with Gasteiger partial charge in [-0.3, -0.25) is 4.98 Å². The van der Waals surface area contributed by atoms with E-state index < -0.39 is 0 Å². The van der Waals surface area contributed by atoms with Gasteiger partial charge in [0.25, 0.3) is 0 Å². The fourth-order valence-corrected chi connectivity index (χ4v) is 2.63. The summed E-state index contributed by atoms with van der Waals surface area (Å²) in [5.74, 6) is 0.0201. The van der Waals surface area contributed by atoms with Crippen molar-refractivity contribution in [3.63, 3.8) is 0 Å². The van der Waals surface area contributed by atoms with Gasteiger partial charge in [-0.25, -0.2) is 0 Å². The van der Waals surface area contributed by atoms with Gasteiger partial charge in [0.2, 0.25) is 0 Å². The van der Waals surface area contributed by atoms with Crippen LogP contribution < -0.4 is 10.6 Å². The lowest BCUT2D eigenvalue weighted by Crippen LogP contribution is -2.30. The lowest BCUT2D eigenvalue weighted by Gasteiger charge is -2.28. The number of hydrogen-bond donors (Lipinski definition) is 2. The van der Waals surface area contributed by atoms with E-state index >= 15 is 0 Å². The number of anilines is 1. The topological polar surface area (TPSA) is 74.7 Å². The van der Waals surface area contributed by atoms with Crippen molar-refractivity contribution in [1.82, 2.24) is 4.98 Å². The average Bonchev–Trinajstić information content (AvgIpc) is 2.96. The van der Waals surface area contributed by atoms with Gasteiger partial charge in [-0.2, -0.15) is 0 Å². The van der Waals surface area contributed by atoms with Gasteiger partial charge in [-0.1, -0.05) is 11.2 Å². The number of hydrogen-bond acceptors (Lipinski definition) is 5. The van der Waals surface area contributed by atoms with Crippen molar-refractivity contribution in [2.45, 2.75) is 26.4 Å². The molecule has 0 unspecified atom stereocenters. The molecule has 2 heterocycles. The molecule has 2 aromatic heterocycles. The van der Waals surface area contributed by atoms with Crippen LogP contribution in [0.3, 0.4) is 0 Å². The standard InChI is InChI=1S/C14H18N4OS/c1-10(2)18(9-12-4-3-7-20-12)11-5-6-16-13(8-11)14(15)17-19/h3-8,10,19H,9H2,1-2H3,(H2,15,17). The predicted molar refractivity (Wildman–Crippen MR) is 82.4 cm³/mol. The largest absolute Gasteiger partial charge is 0.409 e. The van der Waals surface area contributed by atoms with Crippen LogP contribution in [0, 0.1) is 0 Å². The first-order valence-corrected chi connectivity index (χ1v) is 7.22. The minimum atomic E-state index is 0.0201. The summed E-state index contributed by atoms with van der Waals surface area (Å²) in [7, 11) is 0. The van der Waals surface area contributed by atoms with Crippen molar-refractivity contribution in [1.29, 1.82) is 0 Å². The van der Waals surface area contributed by atoms with Crippen LogP contribution in [0.25, 0.3) is 0 Å². The molecule has 2 aromatic rings. The average molecular weight is 290 g/mol. The van der Waals surface area contributed by atoms with Crippen LogP contribution in [0.4, 0.5) is 5.69 Å². The van der Waals surface area contributed by atoms with Crippen molar-refractivity contribution in [2.24, 2.45) is 10.9 Å². The summed E-state index contributed by atoms with van der Waals surface area (Å²) in [6.07, 6.45) is 1.67. The van der Waals surface area contributed by atoms with Crippen LogP contribution in [0.1, 0.15) is 24.4 Å². The molecule has 20 heavy (non-hydrogen) atoms. The van der Waals surface area contributed by atoms with Gasteiger partial charge in [0.15, 0.2) is 5.84 Å². The molecule has 0 aliphatic heterocycles. The number of aromatic nitrogens is 1. The fourth-order valence-electron chi connectivity index (χ4n) is 1.93. The molecule has 106 valence electrons. The quantitative estimate of drug-likeness (QED) is 0.384. The zero-order valence-corrected chi connectivity index (χ0v) is 12.3. The monoisotopic (exact) mass is 290 g/mol. The van der Waals surface area contributed by atoms with Gasteiger partial charge in [0.05, 0.1) is 6.54 Å². The Hall–Kier alpha value is -2.08. The molecular formula is C14H18N4OS. The van der Waals surface area contributed by atoms with Crippen LogP contribution in [-0.2, 0) is 6.54 Å². The van der Waals surface area contributed by atoms with Gasteiger partial charge < -0.3 is 15.8 Å². The first-order chi connectivity index (χ1) is 9.61. The van der Waals surface area contributed by atoms with Gasteiger partial charge in [-0.05, 0) is 37.4 Å². The first-order valence-electron chi connectivity index (χ1n) is 6.34. The SMILES string of the molecule is CC(C)N(Cc1cccs1)c1ccnc(C(N)=NO)c1. The van der Waals surface area contributed by atoms with E-state index in [4.69, 9.17) is 10.9 Å². The van der Waals surface area contributed by atoms with Gasteiger partial charge in [0.1, 0.15) is 5.69 Å². The highest BCUT2D eigenvalue weighted by Gasteiger charge is 2.13. The van der Waals surface area contributed by atoms with Crippen molar-refractivity contribution >= 4 is 22.9 Å². The highest BCUT2D eigenvalue weighted by Crippen LogP contribution is 2.22. The van der Waals surface area contributed by atoms with Crippen molar-refractivity contribution in [3.8, 4) is 0 Å². The highest BCUT2D eigenvalue weighted by molar-refractivity contribution is 7.09. The second-order valence-electron chi connectivity index (χ2n) is 4.69. The van der Waals surface area contributed by atoms with Crippen LogP contribution in [0.2, 0.25) is 0 Å². The van der Waals surface area contributed by atoms with Gasteiger partial charge in [0, 0.05) is 22.8 Å². The van der Waals surface area contributed by atoms with E-state index in [0.29, 0.717) is 11.7 Å². The number of nitrogens with zero attached hydrogens (tertiary/aromatic N) is 3. The molecule has 0 fully saturated rings. The Bertz CT molecular complexity index is 581. The summed E-state index contributed by atoms with van der Waals surface area (Å²) >= 11 is 1.73. The lowest BCUT2D eigenvalue weighted by atomic mass is 10.2. The second kappa shape index (κ2) is 6.38. The zero-order valence-electron chi connectivity index (χ0n) is 11.5. The second-order valence-corrected chi connectivity index (χ2v) is 5.72. The first kappa shape index (κ1) is 14.3. The molecule has 0 amide bonds. The van der Waals surface area contributed by atoms with Crippen LogP contribution in [0.15, 0.2) is 41.0 Å². The van der Waals surface area contributed by atoms with Crippen molar-refractivity contribution in [3.05, 3.63) is 46.4 Å². The minimum absolute atomic E-state index is 0.0201. The van der Waals surface area contributed by atoms with Crippen molar-refractivity contribution in [2.75, 3.05) is 4.90 Å². The Morgan fingerprint density at radius 3 is 2.90 bits per heavy atom. The van der Waals surface area contributed by atoms with Gasteiger partial charge >= 0.3 is 0 Å². The Morgan fingerprint density at radius 1 is 1.50 bits per heavy atom. The van der Waals surface area contributed by atoms with E-state index in [9.17, 15) is 0 Å². The summed E-state index contributed by atoms with van der Waals surface area (Å²) in [4.78, 5) is 7.65. The third-order valence-electron chi connectivity index (χ3n) is 2.97. The fraction of sp³-hybridized carbons (Fsp3) is 0.286. The number of thiophene rings is 1. The van der Waals surface area contributed by atoms with E-state index in [1.807, 2.05) is 18.2 Å². The molecule has 0 bridgehead atoms. The van der Waals surface area contributed by atoms with E-state index in [0.717, 1.165) is 12.2 Å². The molecule has 5 nitrogen and oxygen atoms in total. The molecule has 0 radical (unpaired) electrons. The summed E-state index contributed by atoms with van der Waals surface area (Å²) in [5.41, 5.74) is 7.08. The van der Waals surface area contributed by atoms with E-state index in [1.54, 1.807) is 17.5 Å². The van der Waals surface area contributed by atoms with Crippen molar-refractivity contribution < 1.29 is 5.21 Å². The molecule has 2 rings (SSSR count). The Labute approximate surface area is 122 Å². The molecule has 0 atom stereocenters. The van der Waals surface area contributed by atoms with Crippen LogP contribution in [-0.4, -0.2) is 22.1 Å². The number of rotatable bonds is 5. The lowest BCUT2D eigenvalue weighted by molar-refractivity contribution is 0.318. The van der Waals surface area contributed by atoms with Crippen LogP contribution in [0.5, 0.6) is 0 Å². The smallest absolute Gasteiger partial charge is 0.188 e. The molecule has 0 spiro atoms. The molecule has 6 heteroatoms. The molecule has 3 N–H and O–H groups in total. The minimum Gasteiger partial charge on any atom is -0.409 e. The molecule has 0 saturated carbocycles. The molecule has 0 saturated heterocycles.